The standard InChI is InChI=1S/C23H29N3O2/c1-23-10-6-5-9-20(23)15-26(16-23)21(27)14-19(13-18-7-3-2-4-8-18)22(28)25-12-11-24-17-25/h2-4,7-8,11-12,17,19-20H,5-6,9-10,13-16H2,1H3/t19-,20-,23+/m0/s1. The highest BCUT2D eigenvalue weighted by atomic mass is 16.2. The summed E-state index contributed by atoms with van der Waals surface area (Å²) in [7, 11) is 0. The second-order valence-electron chi connectivity index (χ2n) is 8.77. The first-order valence-electron chi connectivity index (χ1n) is 10.4. The van der Waals surface area contributed by atoms with Crippen molar-refractivity contribution in [2.75, 3.05) is 13.1 Å². The SMILES string of the molecule is C[C@]12CCCC[C@H]1CN(C(=O)C[C@H](Cc1ccccc1)C(=O)n1ccnc1)C2. The quantitative estimate of drug-likeness (QED) is 0.794. The molecule has 1 aromatic heterocycles. The summed E-state index contributed by atoms with van der Waals surface area (Å²) in [6.45, 7) is 4.03. The van der Waals surface area contributed by atoms with Crippen molar-refractivity contribution in [3.8, 4) is 0 Å². The van der Waals surface area contributed by atoms with E-state index in [0.29, 0.717) is 12.3 Å². The van der Waals surface area contributed by atoms with Gasteiger partial charge in [0, 0.05) is 31.9 Å². The number of nitrogens with zero attached hydrogens (tertiary/aromatic N) is 3. The van der Waals surface area contributed by atoms with Gasteiger partial charge in [-0.15, -0.1) is 0 Å². The fourth-order valence-corrected chi connectivity index (χ4v) is 5.03. The lowest BCUT2D eigenvalue weighted by Crippen LogP contribution is -2.35. The average Bonchev–Trinajstić information content (AvgIpc) is 3.35. The number of benzene rings is 1. The summed E-state index contributed by atoms with van der Waals surface area (Å²) in [5.41, 5.74) is 1.34. The first-order chi connectivity index (χ1) is 13.5. The zero-order valence-electron chi connectivity index (χ0n) is 16.6. The molecule has 5 nitrogen and oxygen atoms in total. The highest BCUT2D eigenvalue weighted by molar-refractivity contribution is 5.87. The normalized spacial score (nSPS) is 25.3. The van der Waals surface area contributed by atoms with Gasteiger partial charge in [0.25, 0.3) is 0 Å². The average molecular weight is 380 g/mol. The van der Waals surface area contributed by atoms with Crippen molar-refractivity contribution in [2.45, 2.75) is 45.4 Å². The van der Waals surface area contributed by atoms with E-state index in [4.69, 9.17) is 0 Å². The van der Waals surface area contributed by atoms with E-state index < -0.39 is 0 Å². The number of hydrogen-bond acceptors (Lipinski definition) is 3. The molecule has 148 valence electrons. The molecule has 1 aliphatic heterocycles. The van der Waals surface area contributed by atoms with E-state index in [1.165, 1.54) is 36.6 Å². The number of fused-ring (bicyclic) bond motifs is 1. The van der Waals surface area contributed by atoms with Crippen molar-refractivity contribution >= 4 is 11.8 Å². The maximum Gasteiger partial charge on any atom is 0.235 e. The van der Waals surface area contributed by atoms with E-state index in [2.05, 4.69) is 11.9 Å². The Hall–Kier alpha value is -2.43. The molecule has 3 atom stereocenters. The largest absolute Gasteiger partial charge is 0.342 e. The number of aromatic nitrogens is 2. The number of likely N-dealkylation sites (tertiary alicyclic amines) is 1. The van der Waals surface area contributed by atoms with E-state index >= 15 is 0 Å². The number of imidazole rings is 1. The molecule has 1 aliphatic carbocycles. The minimum absolute atomic E-state index is 0.0578. The van der Waals surface area contributed by atoms with Crippen LogP contribution in [0.25, 0.3) is 0 Å². The van der Waals surface area contributed by atoms with Crippen LogP contribution in [-0.2, 0) is 11.2 Å². The second-order valence-corrected chi connectivity index (χ2v) is 8.77. The van der Waals surface area contributed by atoms with Gasteiger partial charge in [-0.1, -0.05) is 50.1 Å². The van der Waals surface area contributed by atoms with Crippen molar-refractivity contribution in [3.05, 3.63) is 54.6 Å². The van der Waals surface area contributed by atoms with E-state index in [1.54, 1.807) is 12.4 Å². The Morgan fingerprint density at radius 3 is 2.79 bits per heavy atom. The summed E-state index contributed by atoms with van der Waals surface area (Å²) >= 11 is 0. The lowest BCUT2D eigenvalue weighted by Gasteiger charge is -2.34. The second kappa shape index (κ2) is 7.90. The molecule has 2 fully saturated rings. The lowest BCUT2D eigenvalue weighted by atomic mass is 9.70. The predicted molar refractivity (Wildman–Crippen MR) is 108 cm³/mol. The highest BCUT2D eigenvalue weighted by Gasteiger charge is 2.45. The van der Waals surface area contributed by atoms with Crippen LogP contribution in [0.4, 0.5) is 0 Å². The fraction of sp³-hybridized carbons (Fsp3) is 0.522. The molecule has 1 amide bonds. The molecule has 0 spiro atoms. The fourth-order valence-electron chi connectivity index (χ4n) is 5.03. The van der Waals surface area contributed by atoms with Gasteiger partial charge in [0.05, 0.1) is 5.92 Å². The maximum absolute atomic E-state index is 13.2. The molecule has 0 N–H and O–H groups in total. The van der Waals surface area contributed by atoms with Crippen LogP contribution in [-0.4, -0.2) is 39.4 Å². The van der Waals surface area contributed by atoms with Crippen LogP contribution in [0.5, 0.6) is 0 Å². The molecular formula is C23H29N3O2. The first-order valence-corrected chi connectivity index (χ1v) is 10.4. The molecule has 2 heterocycles. The molecule has 28 heavy (non-hydrogen) atoms. The highest BCUT2D eigenvalue weighted by Crippen LogP contribution is 2.46. The minimum Gasteiger partial charge on any atom is -0.342 e. The predicted octanol–water partition coefficient (Wildman–Crippen LogP) is 3.81. The minimum atomic E-state index is -0.375. The number of carbonyl (C=O) groups is 2. The Morgan fingerprint density at radius 2 is 2.07 bits per heavy atom. The smallest absolute Gasteiger partial charge is 0.235 e. The van der Waals surface area contributed by atoms with Crippen molar-refractivity contribution in [1.82, 2.24) is 14.5 Å². The van der Waals surface area contributed by atoms with Crippen molar-refractivity contribution < 1.29 is 9.59 Å². The van der Waals surface area contributed by atoms with Crippen molar-refractivity contribution in [2.24, 2.45) is 17.3 Å². The van der Waals surface area contributed by atoms with Gasteiger partial charge in [-0.25, -0.2) is 4.98 Å². The third-order valence-electron chi connectivity index (χ3n) is 6.74. The molecule has 2 aromatic rings. The van der Waals surface area contributed by atoms with Gasteiger partial charge in [-0.05, 0) is 36.2 Å². The van der Waals surface area contributed by atoms with Crippen LogP contribution >= 0.6 is 0 Å². The van der Waals surface area contributed by atoms with Crippen LogP contribution < -0.4 is 0 Å². The number of carbonyl (C=O) groups excluding carboxylic acids is 2. The molecule has 1 aromatic carbocycles. The Labute approximate surface area is 166 Å². The molecule has 0 bridgehead atoms. The van der Waals surface area contributed by atoms with Gasteiger partial charge < -0.3 is 4.90 Å². The Balaban J connectivity index is 1.49. The van der Waals surface area contributed by atoms with Gasteiger partial charge in [0.2, 0.25) is 11.8 Å². The van der Waals surface area contributed by atoms with Gasteiger partial charge in [-0.3, -0.25) is 14.2 Å². The Kier molecular flexibility index (Phi) is 5.33. The van der Waals surface area contributed by atoms with Gasteiger partial charge in [-0.2, -0.15) is 0 Å². The number of amides is 1. The van der Waals surface area contributed by atoms with Crippen LogP contribution in [0, 0.1) is 17.3 Å². The topological polar surface area (TPSA) is 55.2 Å². The summed E-state index contributed by atoms with van der Waals surface area (Å²) in [6, 6.07) is 9.95. The van der Waals surface area contributed by atoms with E-state index in [9.17, 15) is 9.59 Å². The number of rotatable bonds is 5. The summed E-state index contributed by atoms with van der Waals surface area (Å²) in [5.74, 6) is 0.296. The van der Waals surface area contributed by atoms with E-state index in [-0.39, 0.29) is 29.6 Å². The van der Waals surface area contributed by atoms with Gasteiger partial charge in [0.1, 0.15) is 6.33 Å². The zero-order valence-corrected chi connectivity index (χ0v) is 16.6. The molecule has 0 unspecified atom stereocenters. The van der Waals surface area contributed by atoms with Crippen LogP contribution in [0.3, 0.4) is 0 Å². The summed E-state index contributed by atoms with van der Waals surface area (Å²) < 4.78 is 1.51. The van der Waals surface area contributed by atoms with Gasteiger partial charge >= 0.3 is 0 Å². The summed E-state index contributed by atoms with van der Waals surface area (Å²) in [4.78, 5) is 32.2. The third kappa shape index (κ3) is 3.89. The lowest BCUT2D eigenvalue weighted by molar-refractivity contribution is -0.131. The summed E-state index contributed by atoms with van der Waals surface area (Å²) in [5, 5.41) is 0. The van der Waals surface area contributed by atoms with Crippen LogP contribution in [0.1, 0.15) is 49.4 Å². The molecule has 2 aliphatic rings. The molecule has 4 rings (SSSR count). The molecule has 5 heteroatoms. The van der Waals surface area contributed by atoms with Crippen LogP contribution in [0.2, 0.25) is 0 Å². The van der Waals surface area contributed by atoms with Crippen molar-refractivity contribution in [1.29, 1.82) is 0 Å². The van der Waals surface area contributed by atoms with E-state index in [1.807, 2.05) is 35.2 Å². The molecular weight excluding hydrogens is 350 g/mol. The molecule has 1 saturated heterocycles. The Morgan fingerprint density at radius 1 is 1.25 bits per heavy atom. The third-order valence-corrected chi connectivity index (χ3v) is 6.74. The first kappa shape index (κ1) is 18.9. The molecule has 1 saturated carbocycles. The summed E-state index contributed by atoms with van der Waals surface area (Å²) in [6.07, 6.45) is 10.6. The van der Waals surface area contributed by atoms with Crippen LogP contribution in [0.15, 0.2) is 49.1 Å². The number of hydrogen-bond donors (Lipinski definition) is 0. The van der Waals surface area contributed by atoms with Crippen molar-refractivity contribution in [3.63, 3.8) is 0 Å². The van der Waals surface area contributed by atoms with E-state index in [0.717, 1.165) is 18.7 Å². The Bertz CT molecular complexity index is 818. The monoisotopic (exact) mass is 379 g/mol. The molecule has 0 radical (unpaired) electrons. The van der Waals surface area contributed by atoms with Gasteiger partial charge in [0.15, 0.2) is 0 Å². The zero-order chi connectivity index (χ0) is 19.6. The maximum atomic E-state index is 13.2.